The lowest BCUT2D eigenvalue weighted by Gasteiger charge is -2.30. The van der Waals surface area contributed by atoms with E-state index in [2.05, 4.69) is 10.2 Å². The number of aliphatic hydroxyl groups is 1. The third-order valence-electron chi connectivity index (χ3n) is 3.52. The normalized spacial score (nSPS) is 18.3. The van der Waals surface area contributed by atoms with Crippen LogP contribution in [0.15, 0.2) is 4.90 Å². The number of carboxylic acids is 1. The lowest BCUT2D eigenvalue weighted by molar-refractivity contribution is 0.0686. The molecule has 1 fully saturated rings. The van der Waals surface area contributed by atoms with Crippen LogP contribution in [0.4, 0.5) is 0 Å². The molecule has 0 amide bonds. The second kappa shape index (κ2) is 5.51. The van der Waals surface area contributed by atoms with Gasteiger partial charge in [-0.1, -0.05) is 0 Å². The number of hydrogen-bond acceptors (Lipinski definition) is 5. The molecule has 3 N–H and O–H groups in total. The van der Waals surface area contributed by atoms with Gasteiger partial charge in [0, 0.05) is 19.7 Å². The number of H-pyrrole nitrogens is 1. The number of carboxylic acid groups (broad SMARTS) is 1. The van der Waals surface area contributed by atoms with Gasteiger partial charge in [-0.05, 0) is 25.7 Å². The molecule has 1 saturated heterocycles. The molecular formula is C11H17N3O5S. The first-order chi connectivity index (χ1) is 9.37. The molecule has 0 aromatic carbocycles. The molecule has 1 aromatic heterocycles. The van der Waals surface area contributed by atoms with Crippen LogP contribution in [-0.4, -0.2) is 58.8 Å². The van der Waals surface area contributed by atoms with E-state index in [1.54, 1.807) is 0 Å². The predicted molar refractivity (Wildman–Crippen MR) is 68.9 cm³/mol. The number of sulfonamides is 1. The summed E-state index contributed by atoms with van der Waals surface area (Å²) in [6.45, 7) is 2.07. The lowest BCUT2D eigenvalue weighted by Crippen LogP contribution is -2.39. The van der Waals surface area contributed by atoms with Crippen molar-refractivity contribution in [3.63, 3.8) is 0 Å². The molecule has 2 rings (SSSR count). The van der Waals surface area contributed by atoms with Gasteiger partial charge in [0.1, 0.15) is 4.90 Å². The van der Waals surface area contributed by atoms with E-state index in [9.17, 15) is 13.2 Å². The molecular weight excluding hydrogens is 286 g/mol. The van der Waals surface area contributed by atoms with E-state index in [-0.39, 0.29) is 36.2 Å². The number of rotatable bonds is 4. The summed E-state index contributed by atoms with van der Waals surface area (Å²) >= 11 is 0. The molecule has 8 nitrogen and oxygen atoms in total. The molecule has 0 radical (unpaired) electrons. The van der Waals surface area contributed by atoms with Crippen LogP contribution in [0.1, 0.15) is 29.0 Å². The summed E-state index contributed by atoms with van der Waals surface area (Å²) in [6.07, 6.45) is 1.13. The van der Waals surface area contributed by atoms with Crippen LogP contribution in [0.5, 0.6) is 0 Å². The van der Waals surface area contributed by atoms with Crippen molar-refractivity contribution >= 4 is 16.0 Å². The van der Waals surface area contributed by atoms with Crippen molar-refractivity contribution in [2.45, 2.75) is 24.7 Å². The fourth-order valence-corrected chi connectivity index (χ4v) is 4.10. The minimum absolute atomic E-state index is 0.0407. The Labute approximate surface area is 116 Å². The molecule has 0 aliphatic carbocycles. The van der Waals surface area contributed by atoms with Crippen LogP contribution >= 0.6 is 0 Å². The van der Waals surface area contributed by atoms with Crippen molar-refractivity contribution in [1.29, 1.82) is 0 Å². The van der Waals surface area contributed by atoms with Crippen molar-refractivity contribution in [2.75, 3.05) is 19.7 Å². The number of aromatic nitrogens is 2. The number of hydrogen-bond donors (Lipinski definition) is 3. The van der Waals surface area contributed by atoms with Gasteiger partial charge in [0.05, 0.1) is 5.69 Å². The van der Waals surface area contributed by atoms with Crippen LogP contribution in [-0.2, 0) is 10.0 Å². The topological polar surface area (TPSA) is 124 Å². The molecule has 0 saturated carbocycles. The van der Waals surface area contributed by atoms with Gasteiger partial charge < -0.3 is 10.2 Å². The summed E-state index contributed by atoms with van der Waals surface area (Å²) in [4.78, 5) is 10.8. The summed E-state index contributed by atoms with van der Waals surface area (Å²) in [5.41, 5.74) is -0.265. The Kier molecular flexibility index (Phi) is 4.11. The molecule has 2 heterocycles. The number of aliphatic hydroxyl groups excluding tert-OH is 1. The smallest absolute Gasteiger partial charge is 0.357 e. The summed E-state index contributed by atoms with van der Waals surface area (Å²) in [5, 5.41) is 24.0. The van der Waals surface area contributed by atoms with Gasteiger partial charge in [-0.2, -0.15) is 9.40 Å². The first kappa shape index (κ1) is 14.9. The van der Waals surface area contributed by atoms with Crippen LogP contribution in [0, 0.1) is 12.8 Å². The zero-order valence-corrected chi connectivity index (χ0v) is 11.9. The zero-order valence-electron chi connectivity index (χ0n) is 11.0. The second-order valence-electron chi connectivity index (χ2n) is 4.86. The van der Waals surface area contributed by atoms with Crippen molar-refractivity contribution in [2.24, 2.45) is 5.92 Å². The maximum Gasteiger partial charge on any atom is 0.357 e. The van der Waals surface area contributed by atoms with Gasteiger partial charge in [0.15, 0.2) is 5.69 Å². The fraction of sp³-hybridized carbons (Fsp3) is 0.636. The number of aromatic carboxylic acids is 1. The number of aromatic amines is 1. The highest BCUT2D eigenvalue weighted by Gasteiger charge is 2.35. The molecule has 0 atom stereocenters. The quantitative estimate of drug-likeness (QED) is 0.708. The monoisotopic (exact) mass is 303 g/mol. The van der Waals surface area contributed by atoms with E-state index >= 15 is 0 Å². The van der Waals surface area contributed by atoms with Crippen LogP contribution in [0.25, 0.3) is 0 Å². The number of aryl methyl sites for hydroxylation is 1. The highest BCUT2D eigenvalue weighted by atomic mass is 32.2. The number of carbonyl (C=O) groups is 1. The van der Waals surface area contributed by atoms with Crippen LogP contribution in [0.2, 0.25) is 0 Å². The third-order valence-corrected chi connectivity index (χ3v) is 5.58. The minimum atomic E-state index is -3.88. The van der Waals surface area contributed by atoms with Crippen LogP contribution < -0.4 is 0 Å². The Morgan fingerprint density at radius 1 is 1.45 bits per heavy atom. The van der Waals surface area contributed by atoms with Gasteiger partial charge >= 0.3 is 5.97 Å². The Bertz CT molecular complexity index is 602. The number of nitrogens with zero attached hydrogens (tertiary/aromatic N) is 2. The van der Waals surface area contributed by atoms with E-state index in [0.717, 1.165) is 0 Å². The van der Waals surface area contributed by atoms with Gasteiger partial charge in [-0.25, -0.2) is 13.2 Å². The molecule has 0 spiro atoms. The van der Waals surface area contributed by atoms with Crippen molar-refractivity contribution < 1.29 is 23.4 Å². The Morgan fingerprint density at radius 3 is 2.55 bits per heavy atom. The molecule has 0 bridgehead atoms. The van der Waals surface area contributed by atoms with E-state index < -0.39 is 21.7 Å². The van der Waals surface area contributed by atoms with E-state index in [1.165, 1.54) is 11.2 Å². The Balaban J connectivity index is 2.32. The molecule has 20 heavy (non-hydrogen) atoms. The van der Waals surface area contributed by atoms with Gasteiger partial charge in [0.2, 0.25) is 10.0 Å². The minimum Gasteiger partial charge on any atom is -0.476 e. The fourth-order valence-electron chi connectivity index (χ4n) is 2.34. The van der Waals surface area contributed by atoms with Gasteiger partial charge in [-0.3, -0.25) is 5.10 Å². The number of piperidine rings is 1. The average molecular weight is 303 g/mol. The lowest BCUT2D eigenvalue weighted by atomic mass is 10.00. The first-order valence-electron chi connectivity index (χ1n) is 6.27. The van der Waals surface area contributed by atoms with Gasteiger partial charge in [-0.15, -0.1) is 0 Å². The van der Waals surface area contributed by atoms with E-state index in [4.69, 9.17) is 10.2 Å². The first-order valence-corrected chi connectivity index (χ1v) is 7.71. The van der Waals surface area contributed by atoms with E-state index in [0.29, 0.717) is 12.8 Å². The summed E-state index contributed by atoms with van der Waals surface area (Å²) in [7, 11) is -3.88. The zero-order chi connectivity index (χ0) is 14.9. The predicted octanol–water partition coefficient (Wildman–Crippen LogP) is -0.191. The highest BCUT2D eigenvalue weighted by Crippen LogP contribution is 2.26. The highest BCUT2D eigenvalue weighted by molar-refractivity contribution is 7.89. The Morgan fingerprint density at radius 2 is 2.05 bits per heavy atom. The summed E-state index contributed by atoms with van der Waals surface area (Å²) < 4.78 is 26.3. The molecule has 1 aliphatic rings. The molecule has 1 aliphatic heterocycles. The maximum absolute atomic E-state index is 12.5. The SMILES string of the molecule is Cc1[nH]nc(C(=O)O)c1S(=O)(=O)N1CCC(CO)CC1. The Hall–Kier alpha value is -1.45. The van der Waals surface area contributed by atoms with Crippen LogP contribution in [0.3, 0.4) is 0 Å². The van der Waals surface area contributed by atoms with E-state index in [1.807, 2.05) is 0 Å². The molecule has 112 valence electrons. The number of nitrogens with one attached hydrogen (secondary N) is 1. The van der Waals surface area contributed by atoms with Crippen molar-refractivity contribution in [3.05, 3.63) is 11.4 Å². The summed E-state index contributed by atoms with van der Waals surface area (Å²) in [5.74, 6) is -1.27. The average Bonchev–Trinajstić information content (AvgIpc) is 2.81. The third kappa shape index (κ3) is 2.56. The van der Waals surface area contributed by atoms with Crippen molar-refractivity contribution in [3.8, 4) is 0 Å². The largest absolute Gasteiger partial charge is 0.476 e. The molecule has 9 heteroatoms. The maximum atomic E-state index is 12.5. The second-order valence-corrected chi connectivity index (χ2v) is 6.74. The van der Waals surface area contributed by atoms with Crippen molar-refractivity contribution in [1.82, 2.24) is 14.5 Å². The molecule has 1 aromatic rings. The summed E-state index contributed by atoms with van der Waals surface area (Å²) in [6, 6.07) is 0. The molecule has 0 unspecified atom stereocenters. The van der Waals surface area contributed by atoms with Gasteiger partial charge in [0.25, 0.3) is 0 Å². The standard InChI is InChI=1S/C11H17N3O5S/c1-7-10(9(11(16)17)13-12-7)20(18,19)14-4-2-8(6-15)3-5-14/h8,15H,2-6H2,1H3,(H,12,13)(H,16,17).